The summed E-state index contributed by atoms with van der Waals surface area (Å²) in [6.45, 7) is 2.42. The maximum absolute atomic E-state index is 12.9. The molecule has 0 saturated carbocycles. The average Bonchev–Trinajstić information content (AvgIpc) is 3.24. The van der Waals surface area contributed by atoms with Crippen LogP contribution in [-0.4, -0.2) is 30.9 Å². The zero-order valence-electron chi connectivity index (χ0n) is 16.0. The monoisotopic (exact) mass is 384 g/mol. The van der Waals surface area contributed by atoms with Crippen LogP contribution < -0.4 is 5.32 Å². The Balaban J connectivity index is 1.70. The van der Waals surface area contributed by atoms with Crippen molar-refractivity contribution in [1.82, 2.24) is 30.3 Å². The summed E-state index contributed by atoms with van der Waals surface area (Å²) in [5.41, 5.74) is 4.53. The summed E-state index contributed by atoms with van der Waals surface area (Å²) in [5.74, 6) is -0.307. The maximum atomic E-state index is 12.9. The van der Waals surface area contributed by atoms with Crippen molar-refractivity contribution in [2.75, 3.05) is 0 Å². The van der Waals surface area contributed by atoms with E-state index in [1.165, 1.54) is 5.56 Å². The quantitative estimate of drug-likeness (QED) is 0.552. The van der Waals surface area contributed by atoms with Crippen LogP contribution >= 0.6 is 0 Å². The van der Waals surface area contributed by atoms with E-state index in [9.17, 15) is 4.79 Å². The lowest BCUT2D eigenvalue weighted by atomic mass is 10.1. The number of rotatable bonds is 6. The Hall–Kier alpha value is -3.87. The van der Waals surface area contributed by atoms with Gasteiger partial charge in [-0.3, -0.25) is 14.8 Å². The van der Waals surface area contributed by atoms with Gasteiger partial charge < -0.3 is 5.32 Å². The van der Waals surface area contributed by atoms with E-state index in [4.69, 9.17) is 0 Å². The Kier molecular flexibility index (Phi) is 5.38. The normalized spacial score (nSPS) is 10.7. The number of benzene rings is 1. The maximum Gasteiger partial charge on any atom is 0.274 e. The number of nitrogens with one attached hydrogen (secondary N) is 1. The summed E-state index contributed by atoms with van der Waals surface area (Å²) in [4.78, 5) is 21.2. The van der Waals surface area contributed by atoms with Gasteiger partial charge in [0.05, 0.1) is 17.9 Å². The van der Waals surface area contributed by atoms with E-state index in [2.05, 4.69) is 32.5 Å². The molecule has 0 atom stereocenters. The predicted molar refractivity (Wildman–Crippen MR) is 109 cm³/mol. The number of hydrogen-bond donors (Lipinski definition) is 1. The van der Waals surface area contributed by atoms with Crippen molar-refractivity contribution < 1.29 is 4.79 Å². The van der Waals surface area contributed by atoms with Gasteiger partial charge in [-0.05, 0) is 48.4 Å². The van der Waals surface area contributed by atoms with Crippen molar-refractivity contribution in [3.05, 3.63) is 90.1 Å². The zero-order chi connectivity index (χ0) is 20.1. The topological polar surface area (TPSA) is 85.6 Å². The first-order valence-corrected chi connectivity index (χ1v) is 9.39. The summed E-state index contributed by atoms with van der Waals surface area (Å²) in [6, 6.07) is 17.3. The zero-order valence-corrected chi connectivity index (χ0v) is 16.0. The number of aryl methyl sites for hydroxylation is 1. The summed E-state index contributed by atoms with van der Waals surface area (Å²) in [6.07, 6.45) is 6.01. The number of nitrogens with zero attached hydrogens (tertiary/aromatic N) is 5. The Morgan fingerprint density at radius 3 is 2.48 bits per heavy atom. The molecule has 3 heterocycles. The minimum absolute atomic E-state index is 0.256. The van der Waals surface area contributed by atoms with E-state index in [0.29, 0.717) is 12.2 Å². The van der Waals surface area contributed by atoms with Gasteiger partial charge in [0.2, 0.25) is 0 Å². The summed E-state index contributed by atoms with van der Waals surface area (Å²) >= 11 is 0. The fourth-order valence-corrected chi connectivity index (χ4v) is 3.01. The van der Waals surface area contributed by atoms with E-state index >= 15 is 0 Å². The van der Waals surface area contributed by atoms with E-state index < -0.39 is 0 Å². The summed E-state index contributed by atoms with van der Waals surface area (Å²) in [7, 11) is 0. The van der Waals surface area contributed by atoms with Gasteiger partial charge in [0, 0.05) is 24.2 Å². The van der Waals surface area contributed by atoms with Gasteiger partial charge in [-0.1, -0.05) is 30.3 Å². The average molecular weight is 384 g/mol. The Morgan fingerprint density at radius 2 is 1.79 bits per heavy atom. The van der Waals surface area contributed by atoms with Gasteiger partial charge in [-0.25, -0.2) is 4.68 Å². The molecule has 0 unspecified atom stereocenters. The molecule has 7 nitrogen and oxygen atoms in total. The van der Waals surface area contributed by atoms with Crippen LogP contribution in [0.1, 0.15) is 28.7 Å². The van der Waals surface area contributed by atoms with Gasteiger partial charge in [0.1, 0.15) is 5.69 Å². The van der Waals surface area contributed by atoms with Crippen LogP contribution in [0.5, 0.6) is 0 Å². The highest BCUT2D eigenvalue weighted by molar-refractivity contribution is 5.98. The molecule has 1 aromatic carbocycles. The van der Waals surface area contributed by atoms with Gasteiger partial charge in [0.15, 0.2) is 5.69 Å². The van der Waals surface area contributed by atoms with Crippen LogP contribution in [0.2, 0.25) is 0 Å². The molecule has 0 aliphatic rings. The minimum atomic E-state index is -0.307. The number of pyridine rings is 2. The highest BCUT2D eigenvalue weighted by Crippen LogP contribution is 2.25. The first kappa shape index (κ1) is 18.5. The van der Waals surface area contributed by atoms with Crippen LogP contribution in [0, 0.1) is 0 Å². The van der Waals surface area contributed by atoms with Crippen LogP contribution in [0.15, 0.2) is 73.2 Å². The molecule has 144 valence electrons. The van der Waals surface area contributed by atoms with E-state index in [0.717, 1.165) is 23.4 Å². The molecule has 4 aromatic rings. The molecule has 1 N–H and O–H groups in total. The van der Waals surface area contributed by atoms with Gasteiger partial charge >= 0.3 is 0 Å². The van der Waals surface area contributed by atoms with Crippen LogP contribution in [-0.2, 0) is 13.0 Å². The third-order valence-corrected chi connectivity index (χ3v) is 4.58. The largest absolute Gasteiger partial charge is 0.345 e. The molecule has 0 aliphatic carbocycles. The standard InChI is InChI=1S/C22H20N6O/c1-2-16-6-8-19(9-7-16)28-21(17-10-13-23-14-11-17)20(26-27-28)22(29)25-15-18-5-3-4-12-24-18/h3-14H,2,15H2,1H3,(H,25,29). The van der Waals surface area contributed by atoms with E-state index in [1.807, 2.05) is 54.6 Å². The molecule has 0 aliphatic heterocycles. The van der Waals surface area contributed by atoms with Crippen molar-refractivity contribution in [3.8, 4) is 16.9 Å². The lowest BCUT2D eigenvalue weighted by molar-refractivity contribution is 0.0946. The number of amides is 1. The highest BCUT2D eigenvalue weighted by Gasteiger charge is 2.22. The number of aromatic nitrogens is 5. The number of carbonyl (C=O) groups excluding carboxylic acids is 1. The molecule has 0 bridgehead atoms. The summed E-state index contributed by atoms with van der Waals surface area (Å²) < 4.78 is 1.68. The number of hydrogen-bond acceptors (Lipinski definition) is 5. The molecule has 4 rings (SSSR count). The van der Waals surface area contributed by atoms with E-state index in [-0.39, 0.29) is 11.6 Å². The predicted octanol–water partition coefficient (Wildman–Crippen LogP) is 3.22. The van der Waals surface area contributed by atoms with Gasteiger partial charge in [-0.15, -0.1) is 5.10 Å². The fraction of sp³-hybridized carbons (Fsp3) is 0.136. The molecule has 0 radical (unpaired) electrons. The van der Waals surface area contributed by atoms with Crippen molar-refractivity contribution >= 4 is 5.91 Å². The molecular formula is C22H20N6O. The second-order valence-corrected chi connectivity index (χ2v) is 6.46. The van der Waals surface area contributed by atoms with Crippen LogP contribution in [0.4, 0.5) is 0 Å². The first-order valence-electron chi connectivity index (χ1n) is 9.39. The molecule has 0 saturated heterocycles. The number of carbonyl (C=O) groups is 1. The van der Waals surface area contributed by atoms with Crippen molar-refractivity contribution in [2.45, 2.75) is 19.9 Å². The van der Waals surface area contributed by atoms with Crippen molar-refractivity contribution in [2.24, 2.45) is 0 Å². The molecule has 1 amide bonds. The minimum Gasteiger partial charge on any atom is -0.345 e. The lowest BCUT2D eigenvalue weighted by Crippen LogP contribution is -2.24. The second kappa shape index (κ2) is 8.43. The second-order valence-electron chi connectivity index (χ2n) is 6.46. The Labute approximate surface area is 168 Å². The highest BCUT2D eigenvalue weighted by atomic mass is 16.2. The van der Waals surface area contributed by atoms with Gasteiger partial charge in [0.25, 0.3) is 5.91 Å². The SMILES string of the molecule is CCc1ccc(-n2nnc(C(=O)NCc3ccccn3)c2-c2ccncc2)cc1. The fourth-order valence-electron chi connectivity index (χ4n) is 3.01. The molecule has 29 heavy (non-hydrogen) atoms. The third kappa shape index (κ3) is 4.03. The molecule has 3 aromatic heterocycles. The lowest BCUT2D eigenvalue weighted by Gasteiger charge is -2.09. The molecule has 7 heteroatoms. The Morgan fingerprint density at radius 1 is 1.00 bits per heavy atom. The van der Waals surface area contributed by atoms with Crippen LogP contribution in [0.25, 0.3) is 16.9 Å². The summed E-state index contributed by atoms with van der Waals surface area (Å²) in [5, 5.41) is 11.3. The van der Waals surface area contributed by atoms with Crippen molar-refractivity contribution in [1.29, 1.82) is 0 Å². The molecular weight excluding hydrogens is 364 g/mol. The Bertz CT molecular complexity index is 1090. The first-order chi connectivity index (χ1) is 14.3. The smallest absolute Gasteiger partial charge is 0.274 e. The van der Waals surface area contributed by atoms with Crippen LogP contribution in [0.3, 0.4) is 0 Å². The van der Waals surface area contributed by atoms with Gasteiger partial charge in [-0.2, -0.15) is 0 Å². The van der Waals surface area contributed by atoms with E-state index in [1.54, 1.807) is 23.3 Å². The van der Waals surface area contributed by atoms with Crippen molar-refractivity contribution in [3.63, 3.8) is 0 Å². The molecule has 0 spiro atoms. The third-order valence-electron chi connectivity index (χ3n) is 4.58. The molecule has 0 fully saturated rings.